The van der Waals surface area contributed by atoms with E-state index in [1.807, 2.05) is 0 Å². The van der Waals surface area contributed by atoms with Gasteiger partial charge in [0.2, 0.25) is 0 Å². The fourth-order valence-electron chi connectivity index (χ4n) is 1.66. The summed E-state index contributed by atoms with van der Waals surface area (Å²) in [7, 11) is 2.83. The van der Waals surface area contributed by atoms with E-state index < -0.39 is 10.9 Å². The zero-order chi connectivity index (χ0) is 15.1. The van der Waals surface area contributed by atoms with Crippen LogP contribution in [0.15, 0.2) is 12.1 Å². The van der Waals surface area contributed by atoms with Crippen molar-refractivity contribution in [3.8, 4) is 11.5 Å². The number of hydrogen-bond donors (Lipinski definition) is 1. The maximum Gasteiger partial charge on any atom is 0.306 e. The standard InChI is InChI=1S/C12H15NO6S/c1-17-10-5-8(3-4-12(14)19-7-20)9(13(15)16)6-11(10)18-2/h5-6,20H,3-4,7H2,1-2H3. The highest BCUT2D eigenvalue weighted by Crippen LogP contribution is 2.35. The Labute approximate surface area is 121 Å². The highest BCUT2D eigenvalue weighted by Gasteiger charge is 2.20. The van der Waals surface area contributed by atoms with Crippen LogP contribution in [0.5, 0.6) is 11.5 Å². The molecule has 0 aromatic heterocycles. The maximum absolute atomic E-state index is 11.3. The molecule has 8 heteroatoms. The van der Waals surface area contributed by atoms with Gasteiger partial charge >= 0.3 is 5.97 Å². The molecule has 0 aliphatic heterocycles. The van der Waals surface area contributed by atoms with Crippen molar-refractivity contribution in [1.82, 2.24) is 0 Å². The van der Waals surface area contributed by atoms with E-state index in [4.69, 9.17) is 9.47 Å². The third kappa shape index (κ3) is 4.02. The summed E-state index contributed by atoms with van der Waals surface area (Å²) in [4.78, 5) is 21.8. The van der Waals surface area contributed by atoms with Gasteiger partial charge in [0.1, 0.15) is 5.94 Å². The number of thiol groups is 1. The highest BCUT2D eigenvalue weighted by atomic mass is 32.1. The average molecular weight is 301 g/mol. The molecule has 0 bridgehead atoms. The number of benzene rings is 1. The van der Waals surface area contributed by atoms with Crippen molar-refractivity contribution < 1.29 is 23.9 Å². The number of carbonyl (C=O) groups excluding carboxylic acids is 1. The number of aryl methyl sites for hydroxylation is 1. The topological polar surface area (TPSA) is 87.9 Å². The molecule has 1 aromatic rings. The van der Waals surface area contributed by atoms with E-state index in [1.165, 1.54) is 26.4 Å². The Morgan fingerprint density at radius 2 is 1.90 bits per heavy atom. The van der Waals surface area contributed by atoms with Crippen molar-refractivity contribution in [2.75, 3.05) is 20.2 Å². The van der Waals surface area contributed by atoms with Crippen LogP contribution in [-0.2, 0) is 16.0 Å². The number of carbonyl (C=O) groups is 1. The minimum Gasteiger partial charge on any atom is -0.493 e. The van der Waals surface area contributed by atoms with Crippen LogP contribution < -0.4 is 9.47 Å². The fourth-order valence-corrected chi connectivity index (χ4v) is 1.81. The van der Waals surface area contributed by atoms with Gasteiger partial charge in [-0.3, -0.25) is 14.9 Å². The number of ether oxygens (including phenoxy) is 3. The fraction of sp³-hybridized carbons (Fsp3) is 0.417. The first kappa shape index (κ1) is 16.1. The van der Waals surface area contributed by atoms with Crippen molar-refractivity contribution >= 4 is 24.3 Å². The van der Waals surface area contributed by atoms with Crippen molar-refractivity contribution in [2.45, 2.75) is 12.8 Å². The Hall–Kier alpha value is -1.96. The predicted octanol–water partition coefficient (Wildman–Crippen LogP) is 1.98. The lowest BCUT2D eigenvalue weighted by molar-refractivity contribution is -0.385. The number of esters is 1. The third-order valence-corrected chi connectivity index (χ3v) is 2.73. The van der Waals surface area contributed by atoms with E-state index in [2.05, 4.69) is 17.4 Å². The molecule has 110 valence electrons. The van der Waals surface area contributed by atoms with Crippen LogP contribution in [0.3, 0.4) is 0 Å². The average Bonchev–Trinajstić information content (AvgIpc) is 2.44. The summed E-state index contributed by atoms with van der Waals surface area (Å²) in [5, 5.41) is 11.0. The van der Waals surface area contributed by atoms with Crippen LogP contribution in [0.4, 0.5) is 5.69 Å². The van der Waals surface area contributed by atoms with Crippen molar-refractivity contribution in [3.63, 3.8) is 0 Å². The van der Waals surface area contributed by atoms with Gasteiger partial charge in [0.15, 0.2) is 11.5 Å². The minimum atomic E-state index is -0.527. The molecule has 0 aliphatic carbocycles. The quantitative estimate of drug-likeness (QED) is 0.272. The third-order valence-electron chi connectivity index (χ3n) is 2.61. The first-order chi connectivity index (χ1) is 9.53. The van der Waals surface area contributed by atoms with Crippen LogP contribution >= 0.6 is 12.6 Å². The second-order valence-electron chi connectivity index (χ2n) is 3.74. The number of methoxy groups -OCH3 is 2. The van der Waals surface area contributed by atoms with Gasteiger partial charge in [0, 0.05) is 12.0 Å². The number of nitro groups is 1. The van der Waals surface area contributed by atoms with E-state index >= 15 is 0 Å². The van der Waals surface area contributed by atoms with E-state index in [-0.39, 0.29) is 30.2 Å². The van der Waals surface area contributed by atoms with E-state index in [0.29, 0.717) is 11.3 Å². The van der Waals surface area contributed by atoms with Gasteiger partial charge in [0.25, 0.3) is 5.69 Å². The van der Waals surface area contributed by atoms with Gasteiger partial charge < -0.3 is 14.2 Å². The first-order valence-electron chi connectivity index (χ1n) is 5.69. The summed E-state index contributed by atoms with van der Waals surface area (Å²) in [6.07, 6.45) is 0.195. The summed E-state index contributed by atoms with van der Waals surface area (Å²) in [5.41, 5.74) is 0.255. The lowest BCUT2D eigenvalue weighted by Crippen LogP contribution is -2.06. The molecule has 1 aromatic carbocycles. The smallest absolute Gasteiger partial charge is 0.306 e. The summed E-state index contributed by atoms with van der Waals surface area (Å²) in [6, 6.07) is 2.77. The Bertz CT molecular complexity index is 505. The molecule has 0 saturated heterocycles. The predicted molar refractivity (Wildman–Crippen MR) is 74.5 cm³/mol. The molecule has 0 aliphatic rings. The first-order valence-corrected chi connectivity index (χ1v) is 6.32. The van der Waals surface area contributed by atoms with Crippen LogP contribution in [-0.4, -0.2) is 31.1 Å². The molecule has 0 heterocycles. The van der Waals surface area contributed by atoms with Crippen LogP contribution in [0.25, 0.3) is 0 Å². The van der Waals surface area contributed by atoms with Crippen molar-refractivity contribution in [3.05, 3.63) is 27.8 Å². The Morgan fingerprint density at radius 3 is 2.40 bits per heavy atom. The molecule has 1 rings (SSSR count). The van der Waals surface area contributed by atoms with Crippen molar-refractivity contribution in [2.24, 2.45) is 0 Å². The van der Waals surface area contributed by atoms with E-state index in [0.717, 1.165) is 0 Å². The molecule has 20 heavy (non-hydrogen) atoms. The normalized spacial score (nSPS) is 9.95. The zero-order valence-electron chi connectivity index (χ0n) is 11.1. The van der Waals surface area contributed by atoms with Crippen LogP contribution in [0, 0.1) is 10.1 Å². The highest BCUT2D eigenvalue weighted by molar-refractivity contribution is 7.80. The number of nitro benzene ring substituents is 1. The SMILES string of the molecule is COc1cc(CCC(=O)OCS)c([N+](=O)[O-])cc1OC. The Morgan fingerprint density at radius 1 is 1.30 bits per heavy atom. The molecule has 0 spiro atoms. The molecule has 7 nitrogen and oxygen atoms in total. The maximum atomic E-state index is 11.3. The largest absolute Gasteiger partial charge is 0.493 e. The second-order valence-corrected chi connectivity index (χ2v) is 4.00. The minimum absolute atomic E-state index is 0.0210. The molecule has 0 saturated carbocycles. The lowest BCUT2D eigenvalue weighted by Gasteiger charge is -2.10. The summed E-state index contributed by atoms with van der Waals surface area (Å²) >= 11 is 3.76. The Kier molecular flexibility index (Phi) is 6.10. The van der Waals surface area contributed by atoms with Gasteiger partial charge in [0.05, 0.1) is 25.2 Å². The zero-order valence-corrected chi connectivity index (χ0v) is 12.0. The molecule has 0 radical (unpaired) electrons. The molecule has 0 N–H and O–H groups in total. The van der Waals surface area contributed by atoms with Gasteiger partial charge in [-0.1, -0.05) is 0 Å². The molecule has 0 atom stereocenters. The van der Waals surface area contributed by atoms with E-state index in [1.54, 1.807) is 0 Å². The van der Waals surface area contributed by atoms with Gasteiger partial charge in [-0.25, -0.2) is 0 Å². The number of hydrogen-bond acceptors (Lipinski definition) is 7. The molecule has 0 fully saturated rings. The Balaban J connectivity index is 3.03. The van der Waals surface area contributed by atoms with Crippen molar-refractivity contribution in [1.29, 1.82) is 0 Å². The van der Waals surface area contributed by atoms with Crippen LogP contribution in [0.1, 0.15) is 12.0 Å². The summed E-state index contributed by atoms with van der Waals surface area (Å²) in [5.74, 6) is 0.146. The van der Waals surface area contributed by atoms with Crippen LogP contribution in [0.2, 0.25) is 0 Å². The lowest BCUT2D eigenvalue weighted by atomic mass is 10.1. The molecule has 0 amide bonds. The van der Waals surface area contributed by atoms with Gasteiger partial charge in [-0.05, 0) is 12.5 Å². The number of nitrogens with zero attached hydrogens (tertiary/aromatic N) is 1. The van der Waals surface area contributed by atoms with Gasteiger partial charge in [-0.2, -0.15) is 0 Å². The summed E-state index contributed by atoms with van der Waals surface area (Å²) in [6.45, 7) is 0. The molecular weight excluding hydrogens is 286 g/mol. The summed E-state index contributed by atoms with van der Waals surface area (Å²) < 4.78 is 14.8. The number of rotatable bonds is 7. The van der Waals surface area contributed by atoms with E-state index in [9.17, 15) is 14.9 Å². The molecule has 0 unspecified atom stereocenters. The molecular formula is C12H15NO6S. The van der Waals surface area contributed by atoms with Gasteiger partial charge in [-0.15, -0.1) is 12.6 Å². The second kappa shape index (κ2) is 7.59. The monoisotopic (exact) mass is 301 g/mol.